The fourth-order valence-electron chi connectivity index (χ4n) is 2.30. The zero-order chi connectivity index (χ0) is 18.8. The van der Waals surface area contributed by atoms with E-state index in [9.17, 15) is 9.59 Å². The van der Waals surface area contributed by atoms with Crippen LogP contribution in [-0.4, -0.2) is 35.2 Å². The van der Waals surface area contributed by atoms with E-state index in [1.807, 2.05) is 30.3 Å². The van der Waals surface area contributed by atoms with Gasteiger partial charge in [-0.3, -0.25) is 9.59 Å². The Labute approximate surface area is 157 Å². The molecule has 0 atom stereocenters. The molecule has 0 spiro atoms. The Morgan fingerprint density at radius 2 is 1.69 bits per heavy atom. The second-order valence-electron chi connectivity index (χ2n) is 5.51. The quantitative estimate of drug-likeness (QED) is 0.558. The molecular weight excluding hydrogens is 350 g/mol. The van der Waals surface area contributed by atoms with Gasteiger partial charge < -0.3 is 21.1 Å². The monoisotopic (exact) mass is 371 g/mol. The van der Waals surface area contributed by atoms with E-state index in [0.29, 0.717) is 24.1 Å². The van der Waals surface area contributed by atoms with Gasteiger partial charge in [-0.15, -0.1) is 0 Å². The molecule has 0 bridgehead atoms. The Balaban J connectivity index is 1.89. The molecule has 0 aromatic heterocycles. The minimum atomic E-state index is -0.333. The molecule has 0 unspecified atom stereocenters. The number of para-hydroxylation sites is 1. The molecule has 6 nitrogen and oxygen atoms in total. The Kier molecular flexibility index (Phi) is 7.73. The van der Waals surface area contributed by atoms with Gasteiger partial charge in [-0.1, -0.05) is 42.5 Å². The van der Waals surface area contributed by atoms with Gasteiger partial charge in [0.2, 0.25) is 5.91 Å². The lowest BCUT2D eigenvalue weighted by Gasteiger charge is -2.13. The predicted molar refractivity (Wildman–Crippen MR) is 105 cm³/mol. The van der Waals surface area contributed by atoms with Crippen LogP contribution in [0.1, 0.15) is 22.3 Å². The summed E-state index contributed by atoms with van der Waals surface area (Å²) < 4.78 is 0. The van der Waals surface area contributed by atoms with Gasteiger partial charge in [-0.05, 0) is 36.3 Å². The molecule has 0 saturated heterocycles. The Hall–Kier alpha value is -2.77. The molecule has 0 fully saturated rings. The number of hydrogen-bond donors (Lipinski definition) is 4. The normalized spacial score (nSPS) is 10.0. The summed E-state index contributed by atoms with van der Waals surface area (Å²) in [6.45, 7) is 0.0189. The number of hydrogen-bond acceptors (Lipinski definition) is 4. The van der Waals surface area contributed by atoms with E-state index >= 15 is 0 Å². The van der Waals surface area contributed by atoms with E-state index in [2.05, 4.69) is 16.0 Å². The SMILES string of the molecule is O=C(CCc1ccccc1)NC(=S)Nc1ccccc1C(=O)NCCO. The van der Waals surface area contributed by atoms with Crippen LogP contribution in [0.5, 0.6) is 0 Å². The highest BCUT2D eigenvalue weighted by Crippen LogP contribution is 2.14. The number of aliphatic hydroxyl groups is 1. The molecule has 0 aliphatic carbocycles. The summed E-state index contributed by atoms with van der Waals surface area (Å²) in [5.41, 5.74) is 1.94. The lowest BCUT2D eigenvalue weighted by Crippen LogP contribution is -2.35. The van der Waals surface area contributed by atoms with Crippen molar-refractivity contribution in [3.05, 3.63) is 65.7 Å². The third kappa shape index (κ3) is 6.27. The molecule has 0 radical (unpaired) electrons. The van der Waals surface area contributed by atoms with Gasteiger partial charge in [0.1, 0.15) is 0 Å². The summed E-state index contributed by atoms with van der Waals surface area (Å²) in [7, 11) is 0. The number of benzene rings is 2. The van der Waals surface area contributed by atoms with E-state index in [4.69, 9.17) is 17.3 Å². The van der Waals surface area contributed by atoms with Crippen LogP contribution in [0.15, 0.2) is 54.6 Å². The van der Waals surface area contributed by atoms with Crippen molar-refractivity contribution >= 4 is 34.8 Å². The summed E-state index contributed by atoms with van der Waals surface area (Å²) in [5.74, 6) is -0.533. The maximum Gasteiger partial charge on any atom is 0.253 e. The van der Waals surface area contributed by atoms with Crippen LogP contribution in [0, 0.1) is 0 Å². The minimum absolute atomic E-state index is 0.130. The summed E-state index contributed by atoms with van der Waals surface area (Å²) in [5, 5.41) is 17.0. The van der Waals surface area contributed by atoms with Crippen molar-refractivity contribution in [3.63, 3.8) is 0 Å². The Morgan fingerprint density at radius 1 is 1.00 bits per heavy atom. The molecular formula is C19H21N3O3S. The number of nitrogens with one attached hydrogen (secondary N) is 3. The van der Waals surface area contributed by atoms with Crippen molar-refractivity contribution in [2.45, 2.75) is 12.8 Å². The molecule has 0 heterocycles. The fourth-order valence-corrected chi connectivity index (χ4v) is 2.52. The highest BCUT2D eigenvalue weighted by atomic mass is 32.1. The first kappa shape index (κ1) is 19.6. The smallest absolute Gasteiger partial charge is 0.253 e. The summed E-state index contributed by atoms with van der Waals surface area (Å²) >= 11 is 5.16. The Bertz CT molecular complexity index is 766. The van der Waals surface area contributed by atoms with E-state index in [-0.39, 0.29) is 30.1 Å². The van der Waals surface area contributed by atoms with Crippen molar-refractivity contribution < 1.29 is 14.7 Å². The molecule has 2 rings (SSSR count). The van der Waals surface area contributed by atoms with E-state index in [0.717, 1.165) is 5.56 Å². The second kappa shape index (κ2) is 10.3. The molecule has 0 aliphatic rings. The largest absolute Gasteiger partial charge is 0.395 e. The van der Waals surface area contributed by atoms with E-state index in [1.54, 1.807) is 24.3 Å². The minimum Gasteiger partial charge on any atom is -0.395 e. The van der Waals surface area contributed by atoms with Crippen molar-refractivity contribution in [2.24, 2.45) is 0 Å². The molecule has 0 saturated carbocycles. The molecule has 0 aliphatic heterocycles. The van der Waals surface area contributed by atoms with Gasteiger partial charge in [0.05, 0.1) is 17.9 Å². The number of thiocarbonyl (C=S) groups is 1. The average molecular weight is 371 g/mol. The van der Waals surface area contributed by atoms with Crippen LogP contribution in [0.25, 0.3) is 0 Å². The first-order valence-corrected chi connectivity index (χ1v) is 8.64. The van der Waals surface area contributed by atoms with Gasteiger partial charge in [0, 0.05) is 13.0 Å². The number of rotatable bonds is 7. The summed E-state index contributed by atoms with van der Waals surface area (Å²) in [6.07, 6.45) is 0.930. The van der Waals surface area contributed by atoms with E-state index < -0.39 is 0 Å². The number of aryl methyl sites for hydroxylation is 1. The zero-order valence-corrected chi connectivity index (χ0v) is 15.0. The average Bonchev–Trinajstić information content (AvgIpc) is 2.65. The zero-order valence-electron chi connectivity index (χ0n) is 14.2. The first-order chi connectivity index (χ1) is 12.6. The lowest BCUT2D eigenvalue weighted by atomic mass is 10.1. The summed E-state index contributed by atoms with van der Waals surface area (Å²) in [6, 6.07) is 16.5. The maximum atomic E-state index is 12.1. The summed E-state index contributed by atoms with van der Waals surface area (Å²) in [4.78, 5) is 24.1. The fraction of sp³-hybridized carbons (Fsp3) is 0.211. The predicted octanol–water partition coefficient (Wildman–Crippen LogP) is 1.85. The van der Waals surface area contributed by atoms with Crippen LogP contribution in [0.4, 0.5) is 5.69 Å². The van der Waals surface area contributed by atoms with Crippen LogP contribution in [-0.2, 0) is 11.2 Å². The third-order valence-electron chi connectivity index (χ3n) is 3.55. The van der Waals surface area contributed by atoms with Gasteiger partial charge in [-0.2, -0.15) is 0 Å². The number of carbonyl (C=O) groups is 2. The molecule has 2 amide bonds. The number of aliphatic hydroxyl groups excluding tert-OH is 1. The first-order valence-electron chi connectivity index (χ1n) is 8.23. The van der Waals surface area contributed by atoms with Crippen molar-refractivity contribution in [3.8, 4) is 0 Å². The molecule has 2 aromatic carbocycles. The highest BCUT2D eigenvalue weighted by molar-refractivity contribution is 7.80. The van der Waals surface area contributed by atoms with E-state index in [1.165, 1.54) is 0 Å². The second-order valence-corrected chi connectivity index (χ2v) is 5.92. The number of amides is 2. The van der Waals surface area contributed by atoms with Gasteiger partial charge in [0.15, 0.2) is 5.11 Å². The maximum absolute atomic E-state index is 12.1. The van der Waals surface area contributed by atoms with Crippen LogP contribution in [0.3, 0.4) is 0 Å². The van der Waals surface area contributed by atoms with Gasteiger partial charge >= 0.3 is 0 Å². The van der Waals surface area contributed by atoms with Crippen LogP contribution in [0.2, 0.25) is 0 Å². The van der Waals surface area contributed by atoms with Gasteiger partial charge in [-0.25, -0.2) is 0 Å². The number of anilines is 1. The van der Waals surface area contributed by atoms with Crippen molar-refractivity contribution in [1.82, 2.24) is 10.6 Å². The molecule has 7 heteroatoms. The third-order valence-corrected chi connectivity index (χ3v) is 3.76. The Morgan fingerprint density at radius 3 is 2.42 bits per heavy atom. The van der Waals surface area contributed by atoms with Crippen molar-refractivity contribution in [1.29, 1.82) is 0 Å². The van der Waals surface area contributed by atoms with Crippen LogP contribution < -0.4 is 16.0 Å². The molecule has 2 aromatic rings. The number of carbonyl (C=O) groups excluding carboxylic acids is 2. The molecule has 26 heavy (non-hydrogen) atoms. The molecule has 136 valence electrons. The van der Waals surface area contributed by atoms with Gasteiger partial charge in [0.25, 0.3) is 5.91 Å². The standard InChI is InChI=1S/C19H21N3O3S/c23-13-12-20-18(25)15-8-4-5-9-16(15)21-19(26)22-17(24)11-10-14-6-2-1-3-7-14/h1-9,23H,10-13H2,(H,20,25)(H2,21,22,24,26). The molecule has 4 N–H and O–H groups in total. The highest BCUT2D eigenvalue weighted by Gasteiger charge is 2.12. The van der Waals surface area contributed by atoms with Crippen LogP contribution >= 0.6 is 12.2 Å². The van der Waals surface area contributed by atoms with Crippen molar-refractivity contribution in [2.75, 3.05) is 18.5 Å². The topological polar surface area (TPSA) is 90.5 Å². The lowest BCUT2D eigenvalue weighted by molar-refractivity contribution is -0.119.